The Balaban J connectivity index is 1.55. The average Bonchev–Trinajstić information content (AvgIpc) is 3.55. The molecule has 220 valence electrons. The number of ether oxygens (including phenoxy) is 1. The maximum Gasteiger partial charge on any atom is 0.143 e. The number of para-hydroxylation sites is 4. The van der Waals surface area contributed by atoms with Crippen molar-refractivity contribution >= 4 is 21.9 Å². The van der Waals surface area contributed by atoms with Crippen LogP contribution < -0.4 is 4.74 Å². The molecular formula is C43H36O2. The van der Waals surface area contributed by atoms with E-state index in [2.05, 4.69) is 0 Å². The van der Waals surface area contributed by atoms with Gasteiger partial charge in [-0.25, -0.2) is 0 Å². The fourth-order valence-corrected chi connectivity index (χ4v) is 6.42. The van der Waals surface area contributed by atoms with Gasteiger partial charge >= 0.3 is 0 Å². The third-order valence-corrected chi connectivity index (χ3v) is 8.57. The molecule has 1 aliphatic heterocycles. The van der Waals surface area contributed by atoms with Crippen LogP contribution in [0.2, 0.25) is 0 Å². The first-order valence-corrected chi connectivity index (χ1v) is 14.3. The summed E-state index contributed by atoms with van der Waals surface area (Å²) >= 11 is 0. The van der Waals surface area contributed by atoms with E-state index < -0.39 is 74.5 Å². The number of rotatable bonds is 3. The molecule has 0 unspecified atom stereocenters. The monoisotopic (exact) mass is 602 g/mol. The lowest BCUT2D eigenvalue weighted by Gasteiger charge is -2.35. The van der Waals surface area contributed by atoms with E-state index in [1.807, 2.05) is 0 Å². The Morgan fingerprint density at radius 1 is 0.533 bits per heavy atom. The van der Waals surface area contributed by atoms with E-state index in [9.17, 15) is 0 Å². The summed E-state index contributed by atoms with van der Waals surface area (Å²) in [5.41, 5.74) is -6.49. The molecular weight excluding hydrogens is 548 g/mol. The van der Waals surface area contributed by atoms with E-state index in [4.69, 9.17) is 33.8 Å². The van der Waals surface area contributed by atoms with Crippen LogP contribution in [0.25, 0.3) is 55.3 Å². The van der Waals surface area contributed by atoms with Crippen molar-refractivity contribution in [1.29, 1.82) is 0 Å². The van der Waals surface area contributed by atoms with Gasteiger partial charge in [-0.3, -0.25) is 0 Å². The van der Waals surface area contributed by atoms with Gasteiger partial charge in [0.25, 0.3) is 0 Å². The van der Waals surface area contributed by atoms with Crippen LogP contribution in [0.5, 0.6) is 11.5 Å². The highest BCUT2D eigenvalue weighted by molar-refractivity contribution is 6.10. The molecule has 8 rings (SSSR count). The Kier molecular flexibility index (Phi) is 3.18. The van der Waals surface area contributed by atoms with Gasteiger partial charge in [-0.05, 0) is 84.0 Å². The summed E-state index contributed by atoms with van der Waals surface area (Å²) in [5, 5.41) is 1.22. The Hall–Kier alpha value is -5.08. The molecule has 0 radical (unpaired) electrons. The quantitative estimate of drug-likeness (QED) is 0.201. The summed E-state index contributed by atoms with van der Waals surface area (Å²) in [4.78, 5) is 0. The largest absolute Gasteiger partial charge is 0.456 e. The standard InChI is InChI=1S/C43H36O2/c1-25-21-23-29(27(3)39(25)33-15-11-14-32-31-13-7-9-19-37(31)44-41(32)33)30-24-22-26(2)40(28(30)4)34-16-12-18-36-42(34)45-38-20-10-8-17-35(38)43(36,5)6/h7-24H,1-6H3/i1D3,2D3,3D3,4D3,5D3,6D3. The second-order valence-corrected chi connectivity index (χ2v) is 11.1. The molecule has 0 saturated heterocycles. The minimum atomic E-state index is -3.29. The van der Waals surface area contributed by atoms with Gasteiger partial charge in [-0.2, -0.15) is 0 Å². The Labute approximate surface area is 290 Å². The van der Waals surface area contributed by atoms with Crippen molar-refractivity contribution in [2.45, 2.75) is 46.5 Å². The third kappa shape index (κ3) is 4.02. The van der Waals surface area contributed by atoms with E-state index in [1.165, 1.54) is 60.7 Å². The molecule has 6 aromatic carbocycles. The number of hydrogen-bond acceptors (Lipinski definition) is 2. The van der Waals surface area contributed by atoms with Crippen molar-refractivity contribution in [2.75, 3.05) is 0 Å². The molecule has 2 heterocycles. The van der Waals surface area contributed by atoms with Gasteiger partial charge in [0.2, 0.25) is 0 Å². The minimum Gasteiger partial charge on any atom is -0.456 e. The van der Waals surface area contributed by atoms with Gasteiger partial charge in [0.15, 0.2) is 0 Å². The third-order valence-electron chi connectivity index (χ3n) is 8.57. The lowest BCUT2D eigenvalue weighted by atomic mass is 9.74. The second kappa shape index (κ2) is 9.97. The van der Waals surface area contributed by atoms with Crippen LogP contribution in [0.15, 0.2) is 114 Å². The van der Waals surface area contributed by atoms with E-state index in [1.54, 1.807) is 36.4 Å². The smallest absolute Gasteiger partial charge is 0.143 e. The molecule has 0 fully saturated rings. The molecule has 45 heavy (non-hydrogen) atoms. The highest BCUT2D eigenvalue weighted by Gasteiger charge is 2.35. The summed E-state index contributed by atoms with van der Waals surface area (Å²) in [5.74, 6) is -0.608. The van der Waals surface area contributed by atoms with Gasteiger partial charge in [-0.1, -0.05) is 111 Å². The fourth-order valence-electron chi connectivity index (χ4n) is 6.42. The lowest BCUT2D eigenvalue weighted by molar-refractivity contribution is 0.419. The number of aryl methyl sites for hydroxylation is 2. The summed E-state index contributed by atoms with van der Waals surface area (Å²) in [6, 6.07) is 25.9. The van der Waals surface area contributed by atoms with Crippen LogP contribution in [-0.4, -0.2) is 0 Å². The maximum absolute atomic E-state index is 9.03. The van der Waals surface area contributed by atoms with Crippen LogP contribution in [0.4, 0.5) is 0 Å². The van der Waals surface area contributed by atoms with E-state index in [0.29, 0.717) is 16.4 Å². The Morgan fingerprint density at radius 2 is 1.18 bits per heavy atom. The first kappa shape index (κ1) is 14.3. The topological polar surface area (TPSA) is 22.4 Å². The normalized spacial score (nSPS) is 21.1. The fraction of sp³-hybridized carbons (Fsp3) is 0.163. The molecule has 7 aromatic rings. The highest BCUT2D eigenvalue weighted by Crippen LogP contribution is 2.52. The zero-order valence-corrected chi connectivity index (χ0v) is 23.7. The maximum atomic E-state index is 9.03. The molecule has 0 amide bonds. The molecule has 2 heteroatoms. The summed E-state index contributed by atoms with van der Waals surface area (Å²) in [6.07, 6.45) is 0. The molecule has 0 N–H and O–H groups in total. The van der Waals surface area contributed by atoms with E-state index in [0.717, 1.165) is 12.1 Å². The van der Waals surface area contributed by atoms with Crippen molar-refractivity contribution in [3.8, 4) is 44.9 Å². The lowest BCUT2D eigenvalue weighted by Crippen LogP contribution is -2.24. The van der Waals surface area contributed by atoms with Gasteiger partial charge in [0.05, 0.1) is 0 Å². The molecule has 2 nitrogen and oxygen atoms in total. The molecule has 0 saturated carbocycles. The second-order valence-electron chi connectivity index (χ2n) is 11.1. The summed E-state index contributed by atoms with van der Waals surface area (Å²) in [7, 11) is 0. The molecule has 0 aliphatic carbocycles. The van der Waals surface area contributed by atoms with E-state index in [-0.39, 0.29) is 55.8 Å². The van der Waals surface area contributed by atoms with Crippen LogP contribution in [0, 0.1) is 27.4 Å². The van der Waals surface area contributed by atoms with Crippen LogP contribution in [-0.2, 0) is 5.41 Å². The van der Waals surface area contributed by atoms with Crippen LogP contribution in [0.1, 0.15) is 71.8 Å². The predicted molar refractivity (Wildman–Crippen MR) is 188 cm³/mol. The molecule has 1 aromatic heterocycles. The van der Waals surface area contributed by atoms with Gasteiger partial charge in [-0.15, -0.1) is 0 Å². The number of fused-ring (bicyclic) bond motifs is 5. The summed E-state index contributed by atoms with van der Waals surface area (Å²) < 4.78 is 171. The predicted octanol–water partition coefficient (Wildman–Crippen LogP) is 12.3. The molecule has 0 bridgehead atoms. The highest BCUT2D eigenvalue weighted by atomic mass is 16.5. The number of benzene rings is 6. The van der Waals surface area contributed by atoms with Crippen molar-refractivity contribution < 1.29 is 33.8 Å². The van der Waals surface area contributed by atoms with Crippen molar-refractivity contribution in [2.24, 2.45) is 0 Å². The van der Waals surface area contributed by atoms with E-state index >= 15 is 0 Å². The zero-order chi connectivity index (χ0) is 46.0. The van der Waals surface area contributed by atoms with Crippen molar-refractivity contribution in [3.05, 3.63) is 143 Å². The van der Waals surface area contributed by atoms with Crippen molar-refractivity contribution in [1.82, 2.24) is 0 Å². The van der Waals surface area contributed by atoms with Gasteiger partial charge in [0.1, 0.15) is 22.7 Å². The van der Waals surface area contributed by atoms with Crippen molar-refractivity contribution in [3.63, 3.8) is 0 Å². The van der Waals surface area contributed by atoms with Crippen LogP contribution >= 0.6 is 0 Å². The number of hydrogen-bond donors (Lipinski definition) is 0. The SMILES string of the molecule is [2H]C([2H])([2H])c1ccc(-c2ccc(C([2H])([2H])[2H])c(-c3cccc4c3oc3ccccc34)c2C([2H])([2H])[2H])c(C([2H])([2H])[2H])c1-c1cccc2c1Oc1ccccc1C2(C([2H])([2H])[2H])C([2H])([2H])[2H]. The summed E-state index contributed by atoms with van der Waals surface area (Å²) in [6.45, 7) is -19.0. The molecule has 0 atom stereocenters. The molecule has 0 spiro atoms. The molecule has 1 aliphatic rings. The Bertz CT molecular complexity index is 2940. The zero-order valence-electron chi connectivity index (χ0n) is 41.7. The average molecular weight is 603 g/mol. The minimum absolute atomic E-state index is 0.0902. The van der Waals surface area contributed by atoms with Gasteiger partial charge in [0, 0.05) is 63.1 Å². The number of furan rings is 1. The van der Waals surface area contributed by atoms with Gasteiger partial charge < -0.3 is 9.15 Å². The Morgan fingerprint density at radius 3 is 1.93 bits per heavy atom. The first-order valence-electron chi connectivity index (χ1n) is 23.3. The van der Waals surface area contributed by atoms with Crippen LogP contribution in [0.3, 0.4) is 0 Å². The first-order chi connectivity index (χ1) is 29.1.